The lowest BCUT2D eigenvalue weighted by molar-refractivity contribution is -0.116. The minimum absolute atomic E-state index is 0.0644. The summed E-state index contributed by atoms with van der Waals surface area (Å²) in [7, 11) is 0. The number of ketones is 1. The molecule has 0 fully saturated rings. The fourth-order valence-electron chi connectivity index (χ4n) is 4.37. The van der Waals surface area contributed by atoms with Crippen molar-refractivity contribution in [1.29, 1.82) is 0 Å². The number of nitrogens with one attached hydrogen (secondary N) is 1. The molecule has 196 valence electrons. The molecule has 0 atom stereocenters. The van der Waals surface area contributed by atoms with Crippen LogP contribution in [0.5, 0.6) is 0 Å². The van der Waals surface area contributed by atoms with Crippen molar-refractivity contribution in [3.8, 4) is 22.3 Å². The highest BCUT2D eigenvalue weighted by molar-refractivity contribution is 9.09. The largest absolute Gasteiger partial charge is 0.462 e. The first-order valence-corrected chi connectivity index (χ1v) is 14.1. The zero-order chi connectivity index (χ0) is 27.0. The molecule has 3 aromatic carbocycles. The first-order chi connectivity index (χ1) is 17.6. The Morgan fingerprint density at radius 3 is 2.22 bits per heavy atom. The molecule has 1 N–H and O–H groups in total. The molecule has 0 saturated carbocycles. The van der Waals surface area contributed by atoms with Crippen LogP contribution in [-0.4, -0.2) is 30.2 Å². The lowest BCUT2D eigenvalue weighted by atomic mass is 9.83. The van der Waals surface area contributed by atoms with E-state index in [1.165, 1.54) is 22.3 Å². The summed E-state index contributed by atoms with van der Waals surface area (Å²) in [6, 6.07) is 20.9. The molecule has 0 spiro atoms. The molecule has 4 nitrogen and oxygen atoms in total. The zero-order valence-corrected chi connectivity index (χ0v) is 24.2. The monoisotopic (exact) mass is 563 g/mol. The molecule has 3 rings (SSSR count). The summed E-state index contributed by atoms with van der Waals surface area (Å²) in [4.78, 5) is 23.5. The van der Waals surface area contributed by atoms with E-state index in [1.54, 1.807) is 6.92 Å². The summed E-state index contributed by atoms with van der Waals surface area (Å²) in [6.45, 7) is 11.1. The molecule has 0 bridgehead atoms. The second-order valence-electron chi connectivity index (χ2n) is 10.4. The van der Waals surface area contributed by atoms with Gasteiger partial charge in [-0.15, -0.1) is 0 Å². The second-order valence-corrected chi connectivity index (χ2v) is 11.1. The molecule has 0 heterocycles. The summed E-state index contributed by atoms with van der Waals surface area (Å²) < 4.78 is 5.12. The third-order valence-corrected chi connectivity index (χ3v) is 6.91. The highest BCUT2D eigenvalue weighted by Gasteiger charge is 2.20. The van der Waals surface area contributed by atoms with Crippen molar-refractivity contribution in [3.63, 3.8) is 0 Å². The van der Waals surface area contributed by atoms with Crippen molar-refractivity contribution >= 4 is 33.4 Å². The van der Waals surface area contributed by atoms with Gasteiger partial charge in [0.15, 0.2) is 0 Å². The van der Waals surface area contributed by atoms with Crippen LogP contribution in [0.3, 0.4) is 0 Å². The zero-order valence-electron chi connectivity index (χ0n) is 22.6. The number of halogens is 1. The molecule has 0 unspecified atom stereocenters. The molecule has 37 heavy (non-hydrogen) atoms. The fraction of sp³-hybridized carbons (Fsp3) is 0.375. The number of ether oxygens (including phenoxy) is 1. The maximum atomic E-state index is 12.1. The lowest BCUT2D eigenvalue weighted by Gasteiger charge is -2.25. The number of anilines is 1. The SMILES string of the molecule is CCOC(=O)c1ccc(-c2ccc(CCCBr)c(-c3ccc(NCCC(C)=O)c(C(C)(C)C)c3)c2)cc1. The van der Waals surface area contributed by atoms with Crippen molar-refractivity contribution in [1.82, 2.24) is 0 Å². The van der Waals surface area contributed by atoms with E-state index >= 15 is 0 Å². The lowest BCUT2D eigenvalue weighted by Crippen LogP contribution is -2.16. The molecule has 0 aliphatic rings. The van der Waals surface area contributed by atoms with Gasteiger partial charge in [0.2, 0.25) is 0 Å². The minimum Gasteiger partial charge on any atom is -0.462 e. The van der Waals surface area contributed by atoms with E-state index in [0.717, 1.165) is 35.0 Å². The van der Waals surface area contributed by atoms with E-state index in [9.17, 15) is 9.59 Å². The Hall–Kier alpha value is -2.92. The highest BCUT2D eigenvalue weighted by atomic mass is 79.9. The normalized spacial score (nSPS) is 11.3. The summed E-state index contributed by atoms with van der Waals surface area (Å²) in [5, 5.41) is 4.43. The molecule has 0 aliphatic carbocycles. The molecule has 5 heteroatoms. The van der Waals surface area contributed by atoms with E-state index in [4.69, 9.17) is 4.74 Å². The Kier molecular flexibility index (Phi) is 10.1. The number of alkyl halides is 1. The van der Waals surface area contributed by atoms with Gasteiger partial charge in [-0.25, -0.2) is 4.79 Å². The van der Waals surface area contributed by atoms with Crippen LogP contribution in [0, 0.1) is 0 Å². The molecular weight excluding hydrogens is 526 g/mol. The average molecular weight is 565 g/mol. The van der Waals surface area contributed by atoms with Crippen LogP contribution < -0.4 is 5.32 Å². The Bertz CT molecular complexity index is 1230. The topological polar surface area (TPSA) is 55.4 Å². The van der Waals surface area contributed by atoms with E-state index in [1.807, 2.05) is 31.2 Å². The quantitative estimate of drug-likeness (QED) is 0.188. The Morgan fingerprint density at radius 2 is 1.59 bits per heavy atom. The molecule has 0 radical (unpaired) electrons. The van der Waals surface area contributed by atoms with Crippen molar-refractivity contribution < 1.29 is 14.3 Å². The van der Waals surface area contributed by atoms with Gasteiger partial charge in [-0.2, -0.15) is 0 Å². The van der Waals surface area contributed by atoms with Gasteiger partial charge in [-0.3, -0.25) is 4.79 Å². The summed E-state index contributed by atoms with van der Waals surface area (Å²) in [6.07, 6.45) is 2.54. The summed E-state index contributed by atoms with van der Waals surface area (Å²) in [5.74, 6) is -0.114. The number of rotatable bonds is 11. The number of aryl methyl sites for hydroxylation is 1. The predicted molar refractivity (Wildman–Crippen MR) is 158 cm³/mol. The van der Waals surface area contributed by atoms with Gasteiger partial charge in [-0.05, 0) is 95.8 Å². The Balaban J connectivity index is 2.03. The van der Waals surface area contributed by atoms with E-state index in [0.29, 0.717) is 25.1 Å². The van der Waals surface area contributed by atoms with Crippen molar-refractivity contribution in [2.75, 3.05) is 23.8 Å². The van der Waals surface area contributed by atoms with Gasteiger partial charge in [0.05, 0.1) is 12.2 Å². The van der Waals surface area contributed by atoms with Gasteiger partial charge in [0, 0.05) is 24.0 Å². The number of carbonyl (C=O) groups excluding carboxylic acids is 2. The van der Waals surface area contributed by atoms with E-state index < -0.39 is 0 Å². The number of hydrogen-bond donors (Lipinski definition) is 1. The summed E-state index contributed by atoms with van der Waals surface area (Å²) in [5.41, 5.74) is 8.66. The second kappa shape index (κ2) is 13.0. The van der Waals surface area contributed by atoms with Gasteiger partial charge in [0.25, 0.3) is 0 Å². The smallest absolute Gasteiger partial charge is 0.338 e. The van der Waals surface area contributed by atoms with Gasteiger partial charge >= 0.3 is 5.97 Å². The van der Waals surface area contributed by atoms with Gasteiger partial charge in [0.1, 0.15) is 5.78 Å². The van der Waals surface area contributed by atoms with Crippen LogP contribution in [-0.2, 0) is 21.4 Å². The average Bonchev–Trinajstić information content (AvgIpc) is 2.87. The fourth-order valence-corrected chi connectivity index (χ4v) is 4.65. The van der Waals surface area contributed by atoms with Crippen LogP contribution in [0.15, 0.2) is 60.7 Å². The molecule has 0 aromatic heterocycles. The third kappa shape index (κ3) is 7.78. The molecular formula is C32H38BrNO3. The third-order valence-electron chi connectivity index (χ3n) is 6.35. The van der Waals surface area contributed by atoms with Crippen molar-refractivity contribution in [2.45, 2.75) is 59.3 Å². The van der Waals surface area contributed by atoms with Gasteiger partial charge in [-0.1, -0.05) is 67.0 Å². The number of hydrogen-bond acceptors (Lipinski definition) is 4. The van der Waals surface area contributed by atoms with E-state index in [-0.39, 0.29) is 17.2 Å². The number of benzene rings is 3. The first-order valence-electron chi connectivity index (χ1n) is 13.0. The van der Waals surface area contributed by atoms with Crippen molar-refractivity contribution in [3.05, 3.63) is 77.4 Å². The number of esters is 1. The molecule has 0 saturated heterocycles. The van der Waals surface area contributed by atoms with Gasteiger partial charge < -0.3 is 10.1 Å². The first kappa shape index (κ1) is 28.6. The van der Waals surface area contributed by atoms with Crippen LogP contribution in [0.25, 0.3) is 22.3 Å². The minimum atomic E-state index is -0.299. The molecule has 0 aliphatic heterocycles. The molecule has 3 aromatic rings. The van der Waals surface area contributed by atoms with Crippen LogP contribution in [0.1, 0.15) is 68.9 Å². The van der Waals surface area contributed by atoms with Crippen molar-refractivity contribution in [2.24, 2.45) is 0 Å². The summed E-state index contributed by atoms with van der Waals surface area (Å²) >= 11 is 3.58. The number of Topliss-reactive ketones (excluding diaryl/α,β-unsaturated/α-hetero) is 1. The molecule has 0 amide bonds. The van der Waals surface area contributed by atoms with Crippen LogP contribution in [0.2, 0.25) is 0 Å². The highest BCUT2D eigenvalue weighted by Crippen LogP contribution is 2.37. The Morgan fingerprint density at radius 1 is 0.919 bits per heavy atom. The standard InChI is InChI=1S/C32H38BrNO3/c1-6-37-31(36)25-12-9-23(10-13-25)26-14-11-24(8-7-18-33)28(20-26)27-15-16-30(34-19-17-22(2)35)29(21-27)32(3,4)5/h9-16,20-21,34H,6-8,17-19H2,1-5H3. The van der Waals surface area contributed by atoms with E-state index in [2.05, 4.69) is 78.4 Å². The predicted octanol–water partition coefficient (Wildman–Crippen LogP) is 8.21. The van der Waals surface area contributed by atoms with Crippen LogP contribution >= 0.6 is 15.9 Å². The maximum Gasteiger partial charge on any atom is 0.338 e. The number of carbonyl (C=O) groups is 2. The maximum absolute atomic E-state index is 12.1. The Labute approximate surface area is 230 Å². The van der Waals surface area contributed by atoms with Crippen LogP contribution in [0.4, 0.5) is 5.69 Å².